The van der Waals surface area contributed by atoms with Crippen molar-refractivity contribution < 1.29 is 19.1 Å². The van der Waals surface area contributed by atoms with E-state index in [1.165, 1.54) is 11.1 Å². The summed E-state index contributed by atoms with van der Waals surface area (Å²) < 4.78 is 11.4. The molecule has 4 aromatic rings. The molecule has 2 heterocycles. The number of benzene rings is 4. The highest BCUT2D eigenvalue weighted by molar-refractivity contribution is 5.75. The molecule has 0 aliphatic carbocycles. The Kier molecular flexibility index (Phi) is 7.62. The van der Waals surface area contributed by atoms with Gasteiger partial charge in [-0.1, -0.05) is 120 Å². The molecule has 204 valence electrons. The van der Waals surface area contributed by atoms with Gasteiger partial charge in [-0.3, -0.25) is 9.59 Å². The number of carbonyl (C=O) groups is 2. The van der Waals surface area contributed by atoms with Crippen LogP contribution in [0.15, 0.2) is 109 Å². The molecule has 2 aliphatic heterocycles. The highest BCUT2D eigenvalue weighted by Crippen LogP contribution is 2.48. The molecule has 4 heteroatoms. The Hall–Kier alpha value is -4.18. The molecule has 2 fully saturated rings. The Labute approximate surface area is 237 Å². The number of cyclic esters (lactones) is 2. The van der Waals surface area contributed by atoms with Gasteiger partial charge >= 0.3 is 11.9 Å². The van der Waals surface area contributed by atoms with Gasteiger partial charge < -0.3 is 9.47 Å². The zero-order valence-corrected chi connectivity index (χ0v) is 23.6. The topological polar surface area (TPSA) is 52.6 Å². The van der Waals surface area contributed by atoms with Gasteiger partial charge in [-0.05, 0) is 49.9 Å². The summed E-state index contributed by atoms with van der Waals surface area (Å²) in [5, 5.41) is 0. The van der Waals surface area contributed by atoms with Crippen LogP contribution in [0, 0.1) is 13.8 Å². The molecule has 0 N–H and O–H groups in total. The SMILES string of the molecule is Cc1ccc([C@@H]2CC(=O)O[C@@]2(C)c2ccccc2)cc1.Cc1ccc([C@@H]2CC(=O)O[C@]2(C)c2ccccc2)cc1. The van der Waals surface area contributed by atoms with Crippen LogP contribution in [0.2, 0.25) is 0 Å². The van der Waals surface area contributed by atoms with Crippen LogP contribution in [0.1, 0.15) is 71.9 Å². The summed E-state index contributed by atoms with van der Waals surface area (Å²) in [6.45, 7) is 8.16. The quantitative estimate of drug-likeness (QED) is 0.251. The van der Waals surface area contributed by atoms with Gasteiger partial charge in [0.25, 0.3) is 0 Å². The van der Waals surface area contributed by atoms with Crippen molar-refractivity contribution in [2.75, 3.05) is 0 Å². The Balaban J connectivity index is 0.000000161. The first kappa shape index (κ1) is 27.4. The molecule has 4 aromatic carbocycles. The van der Waals surface area contributed by atoms with Crippen LogP contribution in [0.4, 0.5) is 0 Å². The summed E-state index contributed by atoms with van der Waals surface area (Å²) in [5.74, 6) is -0.111. The number of esters is 2. The van der Waals surface area contributed by atoms with Crippen molar-refractivity contribution >= 4 is 11.9 Å². The second-order valence-electron chi connectivity index (χ2n) is 11.2. The maximum Gasteiger partial charge on any atom is 0.307 e. The minimum Gasteiger partial charge on any atom is -0.454 e. The lowest BCUT2D eigenvalue weighted by molar-refractivity contribution is -0.149. The van der Waals surface area contributed by atoms with E-state index in [0.29, 0.717) is 12.8 Å². The third kappa shape index (κ3) is 5.44. The molecule has 2 saturated heterocycles. The zero-order valence-electron chi connectivity index (χ0n) is 23.6. The Morgan fingerprint density at radius 2 is 0.850 bits per heavy atom. The van der Waals surface area contributed by atoms with E-state index < -0.39 is 11.2 Å². The minimum absolute atomic E-state index is 0.0676. The fourth-order valence-electron chi connectivity index (χ4n) is 5.95. The van der Waals surface area contributed by atoms with Crippen LogP contribution in [0.3, 0.4) is 0 Å². The molecule has 0 saturated carbocycles. The van der Waals surface area contributed by atoms with Crippen molar-refractivity contribution in [1.82, 2.24) is 0 Å². The molecule has 2 aliphatic rings. The van der Waals surface area contributed by atoms with E-state index in [4.69, 9.17) is 9.47 Å². The maximum atomic E-state index is 11.9. The van der Waals surface area contributed by atoms with Crippen LogP contribution in [-0.2, 0) is 30.3 Å². The molecule has 40 heavy (non-hydrogen) atoms. The minimum atomic E-state index is -0.576. The summed E-state index contributed by atoms with van der Waals surface area (Å²) in [6, 6.07) is 36.8. The predicted molar refractivity (Wildman–Crippen MR) is 157 cm³/mol. The average molecular weight is 533 g/mol. The molecular formula is C36H36O4. The van der Waals surface area contributed by atoms with E-state index in [2.05, 4.69) is 62.4 Å². The van der Waals surface area contributed by atoms with Crippen LogP contribution in [-0.4, -0.2) is 11.9 Å². The zero-order chi connectivity index (χ0) is 28.3. The van der Waals surface area contributed by atoms with E-state index in [1.54, 1.807) is 0 Å². The van der Waals surface area contributed by atoms with Gasteiger partial charge in [0.05, 0.1) is 12.8 Å². The molecule has 0 radical (unpaired) electrons. The van der Waals surface area contributed by atoms with E-state index in [9.17, 15) is 9.59 Å². The Bertz CT molecular complexity index is 1350. The summed E-state index contributed by atoms with van der Waals surface area (Å²) in [7, 11) is 0. The van der Waals surface area contributed by atoms with E-state index >= 15 is 0 Å². The summed E-state index contributed by atoms with van der Waals surface area (Å²) >= 11 is 0. The van der Waals surface area contributed by atoms with Gasteiger partial charge in [0.2, 0.25) is 0 Å². The monoisotopic (exact) mass is 532 g/mol. The Morgan fingerprint density at radius 1 is 0.525 bits per heavy atom. The molecule has 6 rings (SSSR count). The number of carbonyl (C=O) groups excluding carboxylic acids is 2. The van der Waals surface area contributed by atoms with Crippen LogP contribution < -0.4 is 0 Å². The summed E-state index contributed by atoms with van der Waals surface area (Å²) in [6.07, 6.45) is 0.878. The predicted octanol–water partition coefficient (Wildman–Crippen LogP) is 7.88. The second kappa shape index (κ2) is 11.1. The average Bonchev–Trinajstić information content (AvgIpc) is 3.46. The van der Waals surface area contributed by atoms with Gasteiger partial charge in [0.15, 0.2) is 0 Å². The molecule has 4 nitrogen and oxygen atoms in total. The summed E-state index contributed by atoms with van der Waals surface area (Å²) in [5.41, 5.74) is 5.72. The maximum absolute atomic E-state index is 11.9. The summed E-state index contributed by atoms with van der Waals surface area (Å²) in [4.78, 5) is 23.7. The lowest BCUT2D eigenvalue weighted by Gasteiger charge is -2.30. The number of hydrogen-bond donors (Lipinski definition) is 0. The van der Waals surface area contributed by atoms with Crippen LogP contribution in [0.5, 0.6) is 0 Å². The van der Waals surface area contributed by atoms with Crippen molar-refractivity contribution in [2.45, 2.75) is 63.6 Å². The fourth-order valence-corrected chi connectivity index (χ4v) is 5.95. The van der Waals surface area contributed by atoms with Gasteiger partial charge in [-0.15, -0.1) is 0 Å². The van der Waals surface area contributed by atoms with Crippen molar-refractivity contribution in [2.24, 2.45) is 0 Å². The smallest absolute Gasteiger partial charge is 0.307 e. The molecular weight excluding hydrogens is 496 g/mol. The highest BCUT2D eigenvalue weighted by Gasteiger charge is 2.48. The van der Waals surface area contributed by atoms with Gasteiger partial charge in [0.1, 0.15) is 11.2 Å². The van der Waals surface area contributed by atoms with Crippen molar-refractivity contribution in [3.05, 3.63) is 143 Å². The Morgan fingerprint density at radius 3 is 1.18 bits per heavy atom. The lowest BCUT2D eigenvalue weighted by Crippen LogP contribution is -2.27. The number of ether oxygens (including phenoxy) is 2. The van der Waals surface area contributed by atoms with Crippen molar-refractivity contribution in [3.8, 4) is 0 Å². The standard InChI is InChI=1S/2C18H18O2/c2*1-13-8-10-14(11-9-13)16-12-17(19)20-18(16,2)15-6-4-3-5-7-15/h2*3-11,16H,12H2,1-2H3/t16-,18+;16-,18-/m00/s1. The number of rotatable bonds is 4. The molecule has 0 aromatic heterocycles. The lowest BCUT2D eigenvalue weighted by atomic mass is 9.78. The van der Waals surface area contributed by atoms with Crippen molar-refractivity contribution in [1.29, 1.82) is 0 Å². The molecule has 0 spiro atoms. The third-order valence-corrected chi connectivity index (χ3v) is 8.38. The van der Waals surface area contributed by atoms with Crippen LogP contribution >= 0.6 is 0 Å². The largest absolute Gasteiger partial charge is 0.454 e. The second-order valence-corrected chi connectivity index (χ2v) is 11.2. The van der Waals surface area contributed by atoms with Gasteiger partial charge in [0, 0.05) is 11.8 Å². The highest BCUT2D eigenvalue weighted by atomic mass is 16.6. The van der Waals surface area contributed by atoms with Gasteiger partial charge in [-0.2, -0.15) is 0 Å². The molecule has 0 bridgehead atoms. The van der Waals surface area contributed by atoms with E-state index in [0.717, 1.165) is 22.3 Å². The number of aryl methyl sites for hydroxylation is 2. The van der Waals surface area contributed by atoms with Crippen molar-refractivity contribution in [3.63, 3.8) is 0 Å². The normalized spacial score (nSPS) is 25.5. The molecule has 0 amide bonds. The molecule has 4 atom stereocenters. The first-order valence-electron chi connectivity index (χ1n) is 13.9. The number of hydrogen-bond acceptors (Lipinski definition) is 4. The molecule has 0 unspecified atom stereocenters. The van der Waals surface area contributed by atoms with Gasteiger partial charge in [-0.25, -0.2) is 0 Å². The fraction of sp³-hybridized carbons (Fsp3) is 0.278. The van der Waals surface area contributed by atoms with Crippen LogP contribution in [0.25, 0.3) is 0 Å². The van der Waals surface area contributed by atoms with E-state index in [1.807, 2.05) is 74.5 Å². The van der Waals surface area contributed by atoms with E-state index in [-0.39, 0.29) is 23.8 Å². The first-order valence-corrected chi connectivity index (χ1v) is 13.9. The first-order chi connectivity index (χ1) is 19.2. The third-order valence-electron chi connectivity index (χ3n) is 8.38.